The van der Waals surface area contributed by atoms with Gasteiger partial charge in [0.15, 0.2) is 18.1 Å². The second kappa shape index (κ2) is 10.6. The van der Waals surface area contributed by atoms with Gasteiger partial charge in [-0.1, -0.05) is 18.2 Å². The Morgan fingerprint density at radius 3 is 2.62 bits per heavy atom. The molecule has 1 saturated heterocycles. The van der Waals surface area contributed by atoms with Crippen molar-refractivity contribution in [3.63, 3.8) is 0 Å². The third-order valence-electron chi connectivity index (χ3n) is 6.07. The van der Waals surface area contributed by atoms with E-state index in [0.29, 0.717) is 29.5 Å². The van der Waals surface area contributed by atoms with Crippen molar-refractivity contribution in [1.82, 2.24) is 5.32 Å². The van der Waals surface area contributed by atoms with Gasteiger partial charge in [-0.3, -0.25) is 14.4 Å². The number of anilines is 2. The summed E-state index contributed by atoms with van der Waals surface area (Å²) in [6.07, 6.45) is 0.113. The SMILES string of the molecule is O=C(COc1ccc(N2C[C@H](C(=O)NCc3ccc4c(c3)OCO4)CC2=O)cc1)Nc1ccccc1F. The summed E-state index contributed by atoms with van der Waals surface area (Å²) in [6.45, 7) is 0.457. The molecule has 0 spiro atoms. The number of carbonyl (C=O) groups excluding carboxylic acids is 3. The number of hydrogen-bond acceptors (Lipinski definition) is 6. The average molecular weight is 506 g/mol. The standard InChI is InChI=1S/C27H24FN3O6/c28-21-3-1-2-4-22(21)30-25(32)15-35-20-8-6-19(7-9-20)31-14-18(12-26(31)33)27(34)29-13-17-5-10-23-24(11-17)37-16-36-23/h1-11,18H,12-16H2,(H,29,34)(H,30,32)/t18-/m1/s1. The Morgan fingerprint density at radius 2 is 1.81 bits per heavy atom. The van der Waals surface area contributed by atoms with E-state index < -0.39 is 17.6 Å². The smallest absolute Gasteiger partial charge is 0.262 e. The molecule has 3 amide bonds. The predicted octanol–water partition coefficient (Wildman–Crippen LogP) is 3.24. The third-order valence-corrected chi connectivity index (χ3v) is 6.07. The molecule has 3 aromatic carbocycles. The first kappa shape index (κ1) is 24.1. The van der Waals surface area contributed by atoms with Crippen LogP contribution in [0.25, 0.3) is 0 Å². The van der Waals surface area contributed by atoms with Crippen LogP contribution in [0.5, 0.6) is 17.2 Å². The van der Waals surface area contributed by atoms with Crippen LogP contribution in [0.3, 0.4) is 0 Å². The zero-order valence-corrected chi connectivity index (χ0v) is 19.7. The number of hydrogen-bond donors (Lipinski definition) is 2. The van der Waals surface area contributed by atoms with Gasteiger partial charge in [0.2, 0.25) is 18.6 Å². The first-order chi connectivity index (χ1) is 18.0. The molecule has 2 N–H and O–H groups in total. The van der Waals surface area contributed by atoms with Gasteiger partial charge in [0.1, 0.15) is 11.6 Å². The highest BCUT2D eigenvalue weighted by molar-refractivity contribution is 6.00. The zero-order chi connectivity index (χ0) is 25.8. The first-order valence-corrected chi connectivity index (χ1v) is 11.7. The fourth-order valence-electron chi connectivity index (χ4n) is 4.14. The molecule has 0 unspecified atom stereocenters. The van der Waals surface area contributed by atoms with Crippen LogP contribution in [0.1, 0.15) is 12.0 Å². The molecule has 3 aromatic rings. The van der Waals surface area contributed by atoms with Crippen molar-refractivity contribution in [2.75, 3.05) is 30.2 Å². The lowest BCUT2D eigenvalue weighted by Gasteiger charge is -2.17. The summed E-state index contributed by atoms with van der Waals surface area (Å²) in [6, 6.07) is 18.0. The lowest BCUT2D eigenvalue weighted by molar-refractivity contribution is -0.126. The number of para-hydroxylation sites is 1. The van der Waals surface area contributed by atoms with E-state index in [1.54, 1.807) is 41.3 Å². The molecule has 0 bridgehead atoms. The molecule has 2 aliphatic heterocycles. The molecule has 2 heterocycles. The van der Waals surface area contributed by atoms with E-state index in [1.165, 1.54) is 18.2 Å². The van der Waals surface area contributed by atoms with Crippen LogP contribution in [-0.4, -0.2) is 37.7 Å². The number of ether oxygens (including phenoxy) is 3. The second-order valence-electron chi connectivity index (χ2n) is 8.62. The molecule has 10 heteroatoms. The quantitative estimate of drug-likeness (QED) is 0.487. The fourth-order valence-corrected chi connectivity index (χ4v) is 4.14. The van der Waals surface area contributed by atoms with E-state index in [-0.39, 0.29) is 43.9 Å². The van der Waals surface area contributed by atoms with Crippen LogP contribution >= 0.6 is 0 Å². The van der Waals surface area contributed by atoms with Crippen molar-refractivity contribution in [2.24, 2.45) is 5.92 Å². The minimum absolute atomic E-state index is 0.0773. The molecule has 0 radical (unpaired) electrons. The van der Waals surface area contributed by atoms with Gasteiger partial charge in [-0.2, -0.15) is 0 Å². The molecule has 37 heavy (non-hydrogen) atoms. The normalized spacial score (nSPS) is 16.0. The number of fused-ring (bicyclic) bond motifs is 1. The summed E-state index contributed by atoms with van der Waals surface area (Å²) < 4.78 is 29.8. The molecule has 0 saturated carbocycles. The van der Waals surface area contributed by atoms with Crippen molar-refractivity contribution in [3.8, 4) is 17.2 Å². The molecule has 2 aliphatic rings. The van der Waals surface area contributed by atoms with Gasteiger partial charge >= 0.3 is 0 Å². The van der Waals surface area contributed by atoms with Gasteiger partial charge in [-0.05, 0) is 54.1 Å². The topological polar surface area (TPSA) is 106 Å². The van der Waals surface area contributed by atoms with Crippen LogP contribution in [0.15, 0.2) is 66.7 Å². The number of nitrogens with one attached hydrogen (secondary N) is 2. The lowest BCUT2D eigenvalue weighted by atomic mass is 10.1. The van der Waals surface area contributed by atoms with Crippen molar-refractivity contribution in [2.45, 2.75) is 13.0 Å². The molecule has 1 fully saturated rings. The van der Waals surface area contributed by atoms with E-state index >= 15 is 0 Å². The Hall–Kier alpha value is -4.60. The number of rotatable bonds is 8. The highest BCUT2D eigenvalue weighted by Crippen LogP contribution is 2.32. The second-order valence-corrected chi connectivity index (χ2v) is 8.62. The van der Waals surface area contributed by atoms with Gasteiger partial charge in [-0.15, -0.1) is 0 Å². The first-order valence-electron chi connectivity index (χ1n) is 11.7. The minimum Gasteiger partial charge on any atom is -0.484 e. The number of carbonyl (C=O) groups is 3. The molecule has 1 atom stereocenters. The summed E-state index contributed by atoms with van der Waals surface area (Å²) in [7, 11) is 0. The maximum absolute atomic E-state index is 13.7. The number of benzene rings is 3. The Labute approximate surface area is 212 Å². The summed E-state index contributed by atoms with van der Waals surface area (Å²) >= 11 is 0. The van der Waals surface area contributed by atoms with Crippen LogP contribution < -0.4 is 29.7 Å². The number of halogens is 1. The van der Waals surface area contributed by atoms with E-state index in [1.807, 2.05) is 12.1 Å². The summed E-state index contributed by atoms with van der Waals surface area (Å²) in [5.41, 5.74) is 1.57. The van der Waals surface area contributed by atoms with Gasteiger partial charge in [-0.25, -0.2) is 4.39 Å². The molecular weight excluding hydrogens is 481 g/mol. The third kappa shape index (κ3) is 5.64. The van der Waals surface area contributed by atoms with Crippen molar-refractivity contribution in [3.05, 3.63) is 78.1 Å². The molecular formula is C27H24FN3O6. The highest BCUT2D eigenvalue weighted by Gasteiger charge is 2.35. The largest absolute Gasteiger partial charge is 0.484 e. The Balaban J connectivity index is 1.11. The van der Waals surface area contributed by atoms with E-state index in [0.717, 1.165) is 5.56 Å². The number of amides is 3. The lowest BCUT2D eigenvalue weighted by Crippen LogP contribution is -2.32. The maximum Gasteiger partial charge on any atom is 0.262 e. The predicted molar refractivity (Wildman–Crippen MR) is 132 cm³/mol. The molecule has 5 rings (SSSR count). The van der Waals surface area contributed by atoms with E-state index in [2.05, 4.69) is 10.6 Å². The van der Waals surface area contributed by atoms with Gasteiger partial charge in [0.25, 0.3) is 5.91 Å². The van der Waals surface area contributed by atoms with Crippen LogP contribution in [0.4, 0.5) is 15.8 Å². The average Bonchev–Trinajstić information content (AvgIpc) is 3.54. The Morgan fingerprint density at radius 1 is 1.03 bits per heavy atom. The van der Waals surface area contributed by atoms with E-state index in [4.69, 9.17) is 14.2 Å². The van der Waals surface area contributed by atoms with Crippen LogP contribution in [-0.2, 0) is 20.9 Å². The molecule has 0 aliphatic carbocycles. The van der Waals surface area contributed by atoms with Crippen molar-refractivity contribution in [1.29, 1.82) is 0 Å². The molecule has 0 aromatic heterocycles. The summed E-state index contributed by atoms with van der Waals surface area (Å²) in [4.78, 5) is 38.9. The van der Waals surface area contributed by atoms with Crippen molar-refractivity contribution < 1.29 is 33.0 Å². The zero-order valence-electron chi connectivity index (χ0n) is 19.7. The van der Waals surface area contributed by atoms with E-state index in [9.17, 15) is 18.8 Å². The van der Waals surface area contributed by atoms with Gasteiger partial charge in [0.05, 0.1) is 11.6 Å². The monoisotopic (exact) mass is 505 g/mol. The van der Waals surface area contributed by atoms with Crippen LogP contribution in [0, 0.1) is 11.7 Å². The summed E-state index contributed by atoms with van der Waals surface area (Å²) in [5, 5.41) is 5.33. The fraction of sp³-hybridized carbons (Fsp3) is 0.222. The Bertz CT molecular complexity index is 1330. The number of nitrogens with zero attached hydrogens (tertiary/aromatic N) is 1. The van der Waals surface area contributed by atoms with Gasteiger partial charge < -0.3 is 29.7 Å². The Kier molecular flexibility index (Phi) is 6.89. The minimum atomic E-state index is -0.532. The molecule has 9 nitrogen and oxygen atoms in total. The van der Waals surface area contributed by atoms with Crippen molar-refractivity contribution >= 4 is 29.1 Å². The van der Waals surface area contributed by atoms with Gasteiger partial charge in [0, 0.05) is 25.2 Å². The summed E-state index contributed by atoms with van der Waals surface area (Å²) in [5.74, 6) is -0.123. The van der Waals surface area contributed by atoms with Crippen LogP contribution in [0.2, 0.25) is 0 Å². The molecule has 190 valence electrons. The highest BCUT2D eigenvalue weighted by atomic mass is 19.1. The maximum atomic E-state index is 13.7.